The number of nitro groups is 1. The van der Waals surface area contributed by atoms with Crippen LogP contribution in [0.1, 0.15) is 13.3 Å². The van der Waals surface area contributed by atoms with Crippen LogP contribution in [0, 0.1) is 16.0 Å². The van der Waals surface area contributed by atoms with Gasteiger partial charge in [0.2, 0.25) is 0 Å². The smallest absolute Gasteiger partial charge is 0.412 e. The third-order valence-electron chi connectivity index (χ3n) is 3.35. The van der Waals surface area contributed by atoms with Gasteiger partial charge in [0.1, 0.15) is 11.9 Å². The van der Waals surface area contributed by atoms with Gasteiger partial charge in [-0.2, -0.15) is 0 Å². The number of hydrogen-bond donors (Lipinski definition) is 2. The van der Waals surface area contributed by atoms with Gasteiger partial charge in [-0.3, -0.25) is 20.0 Å². The summed E-state index contributed by atoms with van der Waals surface area (Å²) < 4.78 is 0. The first kappa shape index (κ1) is 14.2. The predicted octanol–water partition coefficient (Wildman–Crippen LogP) is 1.47. The van der Waals surface area contributed by atoms with Gasteiger partial charge in [0.15, 0.2) is 0 Å². The van der Waals surface area contributed by atoms with E-state index in [0.717, 1.165) is 17.6 Å². The highest BCUT2D eigenvalue weighted by atomic mass is 16.6. The fourth-order valence-electron chi connectivity index (χ4n) is 2.50. The van der Waals surface area contributed by atoms with Crippen LogP contribution >= 0.6 is 0 Å². The molecule has 0 aliphatic carbocycles. The summed E-state index contributed by atoms with van der Waals surface area (Å²) in [6, 6.07) is 1.04. The van der Waals surface area contributed by atoms with Crippen molar-refractivity contribution in [1.29, 1.82) is 0 Å². The fourth-order valence-corrected chi connectivity index (χ4v) is 2.50. The number of pyridine rings is 1. The van der Waals surface area contributed by atoms with Gasteiger partial charge in [0.25, 0.3) is 0 Å². The number of nitrogens with one attached hydrogen (secondary N) is 1. The molecule has 1 aromatic heterocycles. The number of piperidine rings is 1. The average molecular weight is 280 g/mol. The molecule has 2 unspecified atom stereocenters. The van der Waals surface area contributed by atoms with Gasteiger partial charge in [0, 0.05) is 12.7 Å². The summed E-state index contributed by atoms with van der Waals surface area (Å²) in [5, 5.41) is 23.6. The lowest BCUT2D eigenvalue weighted by Gasteiger charge is -2.34. The molecule has 0 bridgehead atoms. The van der Waals surface area contributed by atoms with Crippen molar-refractivity contribution in [2.45, 2.75) is 19.4 Å². The molecule has 8 nitrogen and oxygen atoms in total. The molecule has 1 amide bonds. The SMILES string of the molecule is CC1CNCC(N(C(=O)O)c2ccncc2[N+](=O)[O-])C1. The van der Waals surface area contributed by atoms with E-state index in [1.807, 2.05) is 6.92 Å². The topological polar surface area (TPSA) is 109 Å². The second-order valence-corrected chi connectivity index (χ2v) is 4.93. The van der Waals surface area contributed by atoms with Crippen LogP contribution < -0.4 is 10.2 Å². The minimum absolute atomic E-state index is 0.0680. The molecule has 0 aromatic carbocycles. The van der Waals surface area contributed by atoms with Gasteiger partial charge in [-0.05, 0) is 24.9 Å². The molecule has 1 fully saturated rings. The van der Waals surface area contributed by atoms with Crippen LogP contribution in [0.4, 0.5) is 16.2 Å². The number of anilines is 1. The van der Waals surface area contributed by atoms with Gasteiger partial charge in [0.05, 0.1) is 11.0 Å². The zero-order chi connectivity index (χ0) is 14.7. The van der Waals surface area contributed by atoms with E-state index in [4.69, 9.17) is 0 Å². The van der Waals surface area contributed by atoms with Gasteiger partial charge >= 0.3 is 11.8 Å². The van der Waals surface area contributed by atoms with E-state index in [1.54, 1.807) is 0 Å². The van der Waals surface area contributed by atoms with Crippen molar-refractivity contribution >= 4 is 17.5 Å². The average Bonchev–Trinajstić information content (AvgIpc) is 2.39. The van der Waals surface area contributed by atoms with Crippen LogP contribution in [0.5, 0.6) is 0 Å². The van der Waals surface area contributed by atoms with Crippen molar-refractivity contribution in [3.05, 3.63) is 28.6 Å². The van der Waals surface area contributed by atoms with Crippen molar-refractivity contribution < 1.29 is 14.8 Å². The molecule has 20 heavy (non-hydrogen) atoms. The summed E-state index contributed by atoms with van der Waals surface area (Å²) in [4.78, 5) is 26.7. The van der Waals surface area contributed by atoms with Crippen LogP contribution in [0.3, 0.4) is 0 Å². The molecular formula is C12H16N4O4. The first-order valence-corrected chi connectivity index (χ1v) is 6.32. The molecule has 2 atom stereocenters. The number of hydrogen-bond acceptors (Lipinski definition) is 5. The van der Waals surface area contributed by atoms with E-state index in [9.17, 15) is 20.0 Å². The summed E-state index contributed by atoms with van der Waals surface area (Å²) in [6.07, 6.45) is 1.90. The maximum atomic E-state index is 11.5. The number of carboxylic acid groups (broad SMARTS) is 1. The first-order chi connectivity index (χ1) is 9.50. The molecule has 8 heteroatoms. The minimum atomic E-state index is -1.19. The Bertz CT molecular complexity index is 522. The van der Waals surface area contributed by atoms with Crippen molar-refractivity contribution in [3.8, 4) is 0 Å². The van der Waals surface area contributed by atoms with Gasteiger partial charge in [-0.15, -0.1) is 0 Å². The summed E-state index contributed by atoms with van der Waals surface area (Å²) >= 11 is 0. The van der Waals surface area contributed by atoms with E-state index in [-0.39, 0.29) is 17.4 Å². The monoisotopic (exact) mass is 280 g/mol. The Hall–Kier alpha value is -2.22. The van der Waals surface area contributed by atoms with E-state index >= 15 is 0 Å². The Morgan fingerprint density at radius 2 is 2.35 bits per heavy atom. The van der Waals surface area contributed by atoms with Crippen LogP contribution in [0.25, 0.3) is 0 Å². The maximum Gasteiger partial charge on any atom is 0.412 e. The standard InChI is InChI=1S/C12H16N4O4/c1-8-4-9(6-14-5-8)15(12(17)18)10-2-3-13-7-11(10)16(19)20/h2-3,7-9,14H,4-6H2,1H3,(H,17,18). The van der Waals surface area contributed by atoms with Crippen LogP contribution in [-0.2, 0) is 0 Å². The zero-order valence-corrected chi connectivity index (χ0v) is 11.0. The number of rotatable bonds is 3. The Morgan fingerprint density at radius 3 is 2.95 bits per heavy atom. The number of carbonyl (C=O) groups is 1. The molecule has 1 aliphatic heterocycles. The van der Waals surface area contributed by atoms with E-state index in [1.165, 1.54) is 12.3 Å². The fraction of sp³-hybridized carbons (Fsp3) is 0.500. The van der Waals surface area contributed by atoms with Gasteiger partial charge < -0.3 is 10.4 Å². The summed E-state index contributed by atoms with van der Waals surface area (Å²) in [6.45, 7) is 3.32. The van der Waals surface area contributed by atoms with E-state index in [0.29, 0.717) is 18.9 Å². The highest BCUT2D eigenvalue weighted by Gasteiger charge is 2.33. The summed E-state index contributed by atoms with van der Waals surface area (Å²) in [7, 11) is 0. The molecule has 0 radical (unpaired) electrons. The molecule has 2 N–H and O–H groups in total. The zero-order valence-electron chi connectivity index (χ0n) is 11.0. The lowest BCUT2D eigenvalue weighted by Crippen LogP contribution is -2.51. The summed E-state index contributed by atoms with van der Waals surface area (Å²) in [5.74, 6) is 0.316. The first-order valence-electron chi connectivity index (χ1n) is 6.32. The molecule has 2 heterocycles. The van der Waals surface area contributed by atoms with Gasteiger partial charge in [-0.25, -0.2) is 4.79 Å². The Balaban J connectivity index is 2.38. The molecule has 1 saturated heterocycles. The Labute approximate surface area is 115 Å². The quantitative estimate of drug-likeness (QED) is 0.641. The van der Waals surface area contributed by atoms with Gasteiger partial charge in [-0.1, -0.05) is 6.92 Å². The lowest BCUT2D eigenvalue weighted by molar-refractivity contribution is -0.384. The van der Waals surface area contributed by atoms with E-state index in [2.05, 4.69) is 10.3 Å². The van der Waals surface area contributed by atoms with Crippen molar-refractivity contribution in [2.24, 2.45) is 5.92 Å². The molecule has 108 valence electrons. The number of nitrogens with zero attached hydrogens (tertiary/aromatic N) is 3. The lowest BCUT2D eigenvalue weighted by atomic mass is 9.96. The third kappa shape index (κ3) is 2.85. The van der Waals surface area contributed by atoms with Crippen molar-refractivity contribution in [2.75, 3.05) is 18.0 Å². The highest BCUT2D eigenvalue weighted by Crippen LogP contribution is 2.30. The Kier molecular flexibility index (Phi) is 4.14. The van der Waals surface area contributed by atoms with Crippen LogP contribution in [0.2, 0.25) is 0 Å². The number of aromatic nitrogens is 1. The molecular weight excluding hydrogens is 264 g/mol. The normalized spacial score (nSPS) is 22.2. The minimum Gasteiger partial charge on any atom is -0.465 e. The molecule has 1 aromatic rings. The Morgan fingerprint density at radius 1 is 1.60 bits per heavy atom. The van der Waals surface area contributed by atoms with Crippen molar-refractivity contribution in [3.63, 3.8) is 0 Å². The van der Waals surface area contributed by atoms with E-state index < -0.39 is 11.0 Å². The molecule has 0 saturated carbocycles. The van der Waals surface area contributed by atoms with Crippen molar-refractivity contribution in [1.82, 2.24) is 10.3 Å². The highest BCUT2D eigenvalue weighted by molar-refractivity contribution is 5.89. The molecule has 1 aliphatic rings. The maximum absolute atomic E-state index is 11.5. The molecule has 0 spiro atoms. The second-order valence-electron chi connectivity index (χ2n) is 4.93. The third-order valence-corrected chi connectivity index (χ3v) is 3.35. The largest absolute Gasteiger partial charge is 0.465 e. The van der Waals surface area contributed by atoms with Crippen LogP contribution in [0.15, 0.2) is 18.5 Å². The summed E-state index contributed by atoms with van der Waals surface area (Å²) in [5.41, 5.74) is -0.230. The second kappa shape index (κ2) is 5.83. The molecule has 2 rings (SSSR count). The number of amides is 1. The predicted molar refractivity (Wildman–Crippen MR) is 71.8 cm³/mol. The van der Waals surface area contributed by atoms with Crippen LogP contribution in [-0.4, -0.2) is 40.2 Å².